The van der Waals surface area contributed by atoms with E-state index in [2.05, 4.69) is 25.4 Å². The lowest BCUT2D eigenvalue weighted by Gasteiger charge is -2.33. The van der Waals surface area contributed by atoms with Crippen molar-refractivity contribution in [3.8, 4) is 0 Å². The summed E-state index contributed by atoms with van der Waals surface area (Å²) in [5.41, 5.74) is 0. The minimum absolute atomic E-state index is 0.415. The molecule has 1 nitrogen and oxygen atoms in total. The minimum Gasteiger partial charge on any atom is -0.300 e. The lowest BCUT2D eigenvalue weighted by molar-refractivity contribution is 0.243. The Balaban J connectivity index is 2.26. The van der Waals surface area contributed by atoms with Crippen LogP contribution in [0.15, 0.2) is 0 Å². The highest BCUT2D eigenvalue weighted by atomic mass is 31.1. The summed E-state index contributed by atoms with van der Waals surface area (Å²) >= 11 is 0. The molecule has 1 aliphatic heterocycles. The molecule has 2 heteroatoms. The molecule has 0 aromatic heterocycles. The van der Waals surface area contributed by atoms with Gasteiger partial charge in [0.2, 0.25) is 0 Å². The molecule has 0 bridgehead atoms. The fraction of sp³-hybridized carbons (Fsp3) is 1.00. The van der Waals surface area contributed by atoms with Gasteiger partial charge >= 0.3 is 0 Å². The molecule has 0 spiro atoms. The van der Waals surface area contributed by atoms with Crippen LogP contribution in [0, 0.1) is 0 Å². The van der Waals surface area contributed by atoms with Gasteiger partial charge in [0.1, 0.15) is 0 Å². The molecule has 0 aromatic rings. The van der Waals surface area contributed by atoms with E-state index in [1.165, 1.54) is 25.4 Å². The van der Waals surface area contributed by atoms with Crippen molar-refractivity contribution in [2.75, 3.05) is 32.1 Å². The minimum atomic E-state index is 0.415. The van der Waals surface area contributed by atoms with Crippen LogP contribution in [0.4, 0.5) is 0 Å². The molecule has 60 valence electrons. The summed E-state index contributed by atoms with van der Waals surface area (Å²) in [6.07, 6.45) is 2.93. The number of rotatable bonds is 1. The molecule has 0 unspecified atom stereocenters. The summed E-state index contributed by atoms with van der Waals surface area (Å²) in [4.78, 5) is 2.59. The van der Waals surface area contributed by atoms with Crippen LogP contribution in [0.5, 0.6) is 0 Å². The maximum Gasteiger partial charge on any atom is 0.00388 e. The molecule has 0 amide bonds. The largest absolute Gasteiger partial charge is 0.300 e. The Labute approximate surface area is 65.5 Å². The van der Waals surface area contributed by atoms with E-state index in [0.29, 0.717) is 7.92 Å². The van der Waals surface area contributed by atoms with E-state index in [1.807, 2.05) is 0 Å². The predicted octanol–water partition coefficient (Wildman–Crippen LogP) is 1.82. The van der Waals surface area contributed by atoms with Crippen LogP contribution in [0.1, 0.15) is 13.8 Å². The van der Waals surface area contributed by atoms with E-state index < -0.39 is 0 Å². The van der Waals surface area contributed by atoms with E-state index >= 15 is 0 Å². The monoisotopic (exact) mass is 159 g/mol. The average molecular weight is 159 g/mol. The Morgan fingerprint density at radius 2 is 1.70 bits per heavy atom. The molecule has 1 fully saturated rings. The summed E-state index contributed by atoms with van der Waals surface area (Å²) in [5.74, 6) is 0. The van der Waals surface area contributed by atoms with Gasteiger partial charge in [0.25, 0.3) is 0 Å². The van der Waals surface area contributed by atoms with Crippen molar-refractivity contribution >= 4 is 7.92 Å². The standard InChI is InChI=1S/C8H18NP/c1-8(2)9-4-6-10(3)7-5-9/h8H,4-7H2,1-3H3. The van der Waals surface area contributed by atoms with Crippen LogP contribution in [-0.2, 0) is 0 Å². The molecule has 0 atom stereocenters. The molecule has 1 heterocycles. The Morgan fingerprint density at radius 1 is 1.20 bits per heavy atom. The van der Waals surface area contributed by atoms with Gasteiger partial charge in [-0.15, -0.1) is 7.92 Å². The van der Waals surface area contributed by atoms with Gasteiger partial charge in [0, 0.05) is 19.1 Å². The molecule has 1 rings (SSSR count). The molecule has 10 heavy (non-hydrogen) atoms. The summed E-state index contributed by atoms with van der Waals surface area (Å²) < 4.78 is 0. The first kappa shape index (κ1) is 8.49. The van der Waals surface area contributed by atoms with Gasteiger partial charge in [-0.2, -0.15) is 0 Å². The highest BCUT2D eigenvalue weighted by molar-refractivity contribution is 7.56. The van der Waals surface area contributed by atoms with E-state index in [-0.39, 0.29) is 0 Å². The summed E-state index contributed by atoms with van der Waals surface area (Å²) in [6, 6.07) is 0.767. The highest BCUT2D eigenvalue weighted by Gasteiger charge is 2.16. The van der Waals surface area contributed by atoms with E-state index in [9.17, 15) is 0 Å². The number of hydrogen-bond donors (Lipinski definition) is 0. The van der Waals surface area contributed by atoms with E-state index in [0.717, 1.165) is 6.04 Å². The fourth-order valence-electron chi connectivity index (χ4n) is 1.34. The van der Waals surface area contributed by atoms with Crippen LogP contribution in [0.3, 0.4) is 0 Å². The second-order valence-electron chi connectivity index (χ2n) is 3.43. The van der Waals surface area contributed by atoms with Crippen molar-refractivity contribution in [3.05, 3.63) is 0 Å². The molecule has 1 aliphatic rings. The Bertz CT molecular complexity index is 95.4. The second-order valence-corrected chi connectivity index (χ2v) is 6.04. The lowest BCUT2D eigenvalue weighted by Crippen LogP contribution is -2.38. The van der Waals surface area contributed by atoms with Gasteiger partial charge in [-0.25, -0.2) is 0 Å². The van der Waals surface area contributed by atoms with Crippen molar-refractivity contribution < 1.29 is 0 Å². The van der Waals surface area contributed by atoms with Gasteiger partial charge in [-0.05, 0) is 32.8 Å². The molecule has 1 saturated heterocycles. The Kier molecular flexibility index (Phi) is 3.13. The first-order valence-electron chi connectivity index (χ1n) is 4.13. The molecule has 0 radical (unpaired) electrons. The zero-order valence-electron chi connectivity index (χ0n) is 7.30. The Hall–Kier alpha value is 0.390. The normalized spacial score (nSPS) is 24.0. The molecule has 0 saturated carbocycles. The summed E-state index contributed by atoms with van der Waals surface area (Å²) in [6.45, 7) is 9.71. The predicted molar refractivity (Wildman–Crippen MR) is 49.3 cm³/mol. The zero-order valence-corrected chi connectivity index (χ0v) is 8.19. The van der Waals surface area contributed by atoms with E-state index in [4.69, 9.17) is 0 Å². The molecule has 0 N–H and O–H groups in total. The smallest absolute Gasteiger partial charge is 0.00388 e. The van der Waals surface area contributed by atoms with Crippen LogP contribution in [0.25, 0.3) is 0 Å². The number of hydrogen-bond acceptors (Lipinski definition) is 1. The first-order valence-corrected chi connectivity index (χ1v) is 6.28. The third-order valence-electron chi connectivity index (χ3n) is 2.27. The van der Waals surface area contributed by atoms with Crippen molar-refractivity contribution in [1.82, 2.24) is 4.90 Å². The lowest BCUT2D eigenvalue weighted by atomic mass is 10.3. The first-order chi connectivity index (χ1) is 4.70. The Morgan fingerprint density at radius 3 is 2.10 bits per heavy atom. The van der Waals surface area contributed by atoms with Gasteiger partial charge < -0.3 is 4.90 Å². The van der Waals surface area contributed by atoms with Crippen LogP contribution in [0.2, 0.25) is 0 Å². The van der Waals surface area contributed by atoms with Gasteiger partial charge in [-0.1, -0.05) is 0 Å². The maximum absolute atomic E-state index is 2.59. The third kappa shape index (κ3) is 2.21. The van der Waals surface area contributed by atoms with Crippen molar-refractivity contribution in [1.29, 1.82) is 0 Å². The molecule has 0 aliphatic carbocycles. The summed E-state index contributed by atoms with van der Waals surface area (Å²) in [7, 11) is 0.415. The maximum atomic E-state index is 2.59. The van der Waals surface area contributed by atoms with Crippen molar-refractivity contribution in [2.24, 2.45) is 0 Å². The quantitative estimate of drug-likeness (QED) is 0.527. The molecular formula is C8H18NP. The van der Waals surface area contributed by atoms with Crippen LogP contribution in [-0.4, -0.2) is 43.0 Å². The third-order valence-corrected chi connectivity index (χ3v) is 4.20. The zero-order chi connectivity index (χ0) is 7.56. The topological polar surface area (TPSA) is 3.24 Å². The highest BCUT2D eigenvalue weighted by Crippen LogP contribution is 2.33. The molecule has 0 aromatic carbocycles. The van der Waals surface area contributed by atoms with Crippen molar-refractivity contribution in [2.45, 2.75) is 19.9 Å². The average Bonchev–Trinajstić information content (AvgIpc) is 1.88. The van der Waals surface area contributed by atoms with Gasteiger partial charge in [0.15, 0.2) is 0 Å². The van der Waals surface area contributed by atoms with E-state index in [1.54, 1.807) is 0 Å². The van der Waals surface area contributed by atoms with Crippen LogP contribution < -0.4 is 0 Å². The number of nitrogens with zero attached hydrogens (tertiary/aromatic N) is 1. The summed E-state index contributed by atoms with van der Waals surface area (Å²) in [5, 5.41) is 0. The SMILES string of the molecule is CC(C)N1CCP(C)CC1. The van der Waals surface area contributed by atoms with Gasteiger partial charge in [0.05, 0.1) is 0 Å². The molecular weight excluding hydrogens is 141 g/mol. The van der Waals surface area contributed by atoms with Crippen LogP contribution >= 0.6 is 7.92 Å². The van der Waals surface area contributed by atoms with Crippen molar-refractivity contribution in [3.63, 3.8) is 0 Å². The second kappa shape index (κ2) is 3.69. The fourth-order valence-corrected chi connectivity index (χ4v) is 2.76. The van der Waals surface area contributed by atoms with Gasteiger partial charge in [-0.3, -0.25) is 0 Å².